The minimum atomic E-state index is -0.481. The Kier molecular flexibility index (Phi) is 5.33. The Morgan fingerprint density at radius 2 is 1.74 bits per heavy atom. The summed E-state index contributed by atoms with van der Waals surface area (Å²) in [6, 6.07) is 6.26. The first-order chi connectivity index (χ1) is 14.4. The van der Waals surface area contributed by atoms with Crippen molar-refractivity contribution < 1.29 is 18.8 Å². The van der Waals surface area contributed by atoms with Crippen LogP contribution in [-0.2, 0) is 14.0 Å². The molecule has 1 amide bonds. The predicted octanol–water partition coefficient (Wildman–Crippen LogP) is 3.30. The monoisotopic (exact) mass is 428 g/mol. The van der Waals surface area contributed by atoms with Gasteiger partial charge in [-0.3, -0.25) is 0 Å². The number of hydrogen-bond donors (Lipinski definition) is 0. The molecule has 1 aromatic heterocycles. The van der Waals surface area contributed by atoms with Crippen LogP contribution in [0.25, 0.3) is 11.0 Å². The van der Waals surface area contributed by atoms with Crippen LogP contribution >= 0.6 is 0 Å². The minimum Gasteiger partial charge on any atom is -0.444 e. The van der Waals surface area contributed by atoms with Gasteiger partial charge in [-0.2, -0.15) is 0 Å². The number of amides is 1. The number of ether oxygens (including phenoxy) is 1. The summed E-state index contributed by atoms with van der Waals surface area (Å²) in [7, 11) is -0.420. The molecule has 0 atom stereocenters. The molecule has 9 heteroatoms. The van der Waals surface area contributed by atoms with Gasteiger partial charge in [0.15, 0.2) is 0 Å². The molecule has 1 aromatic carbocycles. The fraction of sp³-hybridized carbons (Fsp3) is 0.682. The normalized spacial score (nSPS) is 21.6. The van der Waals surface area contributed by atoms with Crippen LogP contribution in [-0.4, -0.2) is 63.0 Å². The summed E-state index contributed by atoms with van der Waals surface area (Å²) < 4.78 is 19.8. The number of nitrogens with zero attached hydrogens (tertiary/aromatic N) is 4. The SMILES string of the molecule is CC(C)(C)OC(=O)N1CCC(n2nnc3cc(B4OC(C)(C)C(C)(C)O4)ccc32)CC1. The number of benzene rings is 1. The molecule has 2 aromatic rings. The van der Waals surface area contributed by atoms with E-state index in [0.717, 1.165) is 29.3 Å². The van der Waals surface area contributed by atoms with Gasteiger partial charge in [0.05, 0.1) is 22.8 Å². The van der Waals surface area contributed by atoms with Gasteiger partial charge in [0.1, 0.15) is 11.1 Å². The molecule has 0 saturated carbocycles. The highest BCUT2D eigenvalue weighted by atomic mass is 16.7. The maximum Gasteiger partial charge on any atom is 0.494 e. The van der Waals surface area contributed by atoms with Gasteiger partial charge in [0, 0.05) is 13.1 Å². The van der Waals surface area contributed by atoms with Gasteiger partial charge in [-0.25, -0.2) is 9.48 Å². The molecule has 0 N–H and O–H groups in total. The zero-order chi connectivity index (χ0) is 22.6. The molecule has 31 heavy (non-hydrogen) atoms. The van der Waals surface area contributed by atoms with Crippen LogP contribution in [0.5, 0.6) is 0 Å². The third kappa shape index (κ3) is 4.30. The first-order valence-corrected chi connectivity index (χ1v) is 11.0. The number of likely N-dealkylation sites (tertiary alicyclic amines) is 1. The summed E-state index contributed by atoms with van der Waals surface area (Å²) in [5.74, 6) is 0. The van der Waals surface area contributed by atoms with E-state index in [0.29, 0.717) is 13.1 Å². The molecule has 2 saturated heterocycles. The average Bonchev–Trinajstić information content (AvgIpc) is 3.17. The fourth-order valence-corrected chi connectivity index (χ4v) is 3.97. The third-order valence-electron chi connectivity index (χ3n) is 6.48. The van der Waals surface area contributed by atoms with Crippen molar-refractivity contribution in [1.29, 1.82) is 0 Å². The maximum absolute atomic E-state index is 12.3. The van der Waals surface area contributed by atoms with Gasteiger partial charge in [-0.05, 0) is 78.9 Å². The van der Waals surface area contributed by atoms with E-state index in [1.807, 2.05) is 71.3 Å². The number of aromatic nitrogens is 3. The standard InChI is InChI=1S/C22H33BN4O4/c1-20(2,3)29-19(28)26-12-10-16(11-13-26)27-18-9-8-15(14-17(18)24-25-27)23-30-21(4,5)22(6,7)31-23/h8-9,14,16H,10-13H2,1-7H3. The van der Waals surface area contributed by atoms with Gasteiger partial charge in [-0.15, -0.1) is 5.10 Å². The van der Waals surface area contributed by atoms with Gasteiger partial charge >= 0.3 is 13.2 Å². The third-order valence-corrected chi connectivity index (χ3v) is 6.48. The van der Waals surface area contributed by atoms with Crippen molar-refractivity contribution in [2.45, 2.75) is 84.2 Å². The molecule has 168 valence electrons. The Bertz CT molecular complexity index is 958. The Hall–Kier alpha value is -2.13. The van der Waals surface area contributed by atoms with Gasteiger partial charge < -0.3 is 18.9 Å². The van der Waals surface area contributed by atoms with Crippen molar-refractivity contribution in [3.8, 4) is 0 Å². The summed E-state index contributed by atoms with van der Waals surface area (Å²) in [5, 5.41) is 8.82. The first-order valence-electron chi connectivity index (χ1n) is 11.0. The largest absolute Gasteiger partial charge is 0.494 e. The Morgan fingerprint density at radius 1 is 1.13 bits per heavy atom. The molecule has 2 fully saturated rings. The molecule has 8 nitrogen and oxygen atoms in total. The molecular formula is C22H33BN4O4. The molecule has 0 radical (unpaired) electrons. The lowest BCUT2D eigenvalue weighted by molar-refractivity contribution is 0.00578. The minimum absolute atomic E-state index is 0.200. The van der Waals surface area contributed by atoms with Crippen LogP contribution in [0.15, 0.2) is 18.2 Å². The number of carbonyl (C=O) groups is 1. The highest BCUT2D eigenvalue weighted by Gasteiger charge is 2.51. The van der Waals surface area contributed by atoms with Crippen molar-refractivity contribution in [1.82, 2.24) is 19.9 Å². The second-order valence-electron chi connectivity index (χ2n) is 10.6. The Morgan fingerprint density at radius 3 is 2.32 bits per heavy atom. The van der Waals surface area contributed by atoms with Crippen molar-refractivity contribution in [3.63, 3.8) is 0 Å². The number of hydrogen-bond acceptors (Lipinski definition) is 6. The van der Waals surface area contributed by atoms with Crippen molar-refractivity contribution >= 4 is 29.7 Å². The van der Waals surface area contributed by atoms with E-state index in [2.05, 4.69) is 10.3 Å². The van der Waals surface area contributed by atoms with Crippen LogP contribution in [0.4, 0.5) is 4.79 Å². The van der Waals surface area contributed by atoms with E-state index in [4.69, 9.17) is 14.0 Å². The molecule has 4 rings (SSSR count). The van der Waals surface area contributed by atoms with Crippen LogP contribution in [0.3, 0.4) is 0 Å². The summed E-state index contributed by atoms with van der Waals surface area (Å²) >= 11 is 0. The van der Waals surface area contributed by atoms with Crippen molar-refractivity contribution in [2.75, 3.05) is 13.1 Å². The lowest BCUT2D eigenvalue weighted by Crippen LogP contribution is -2.42. The van der Waals surface area contributed by atoms with Crippen molar-refractivity contribution in [3.05, 3.63) is 18.2 Å². The van der Waals surface area contributed by atoms with E-state index in [9.17, 15) is 4.79 Å². The van der Waals surface area contributed by atoms with Gasteiger partial charge in [0.2, 0.25) is 0 Å². The van der Waals surface area contributed by atoms with E-state index >= 15 is 0 Å². The molecule has 2 aliphatic heterocycles. The molecule has 2 aliphatic rings. The molecule has 0 bridgehead atoms. The average molecular weight is 428 g/mol. The number of carbonyl (C=O) groups excluding carboxylic acids is 1. The number of fused-ring (bicyclic) bond motifs is 1. The predicted molar refractivity (Wildman–Crippen MR) is 119 cm³/mol. The summed E-state index contributed by atoms with van der Waals surface area (Å²) in [4.78, 5) is 14.1. The van der Waals surface area contributed by atoms with E-state index in [1.54, 1.807) is 4.90 Å². The van der Waals surface area contributed by atoms with Crippen LogP contribution < -0.4 is 5.46 Å². The lowest BCUT2D eigenvalue weighted by Gasteiger charge is -2.33. The van der Waals surface area contributed by atoms with Crippen LogP contribution in [0.2, 0.25) is 0 Å². The summed E-state index contributed by atoms with van der Waals surface area (Å²) in [5.41, 5.74) is 1.50. The molecule has 3 heterocycles. The van der Waals surface area contributed by atoms with Gasteiger partial charge in [0.25, 0.3) is 0 Å². The number of piperidine rings is 1. The van der Waals surface area contributed by atoms with Gasteiger partial charge in [-0.1, -0.05) is 11.3 Å². The quantitative estimate of drug-likeness (QED) is 0.683. The topological polar surface area (TPSA) is 78.7 Å². The second kappa shape index (κ2) is 7.48. The summed E-state index contributed by atoms with van der Waals surface area (Å²) in [6.45, 7) is 15.1. The molecule has 0 unspecified atom stereocenters. The fourth-order valence-electron chi connectivity index (χ4n) is 3.97. The number of rotatable bonds is 2. The molecule has 0 aliphatic carbocycles. The zero-order valence-corrected chi connectivity index (χ0v) is 19.6. The van der Waals surface area contributed by atoms with E-state index in [-0.39, 0.29) is 23.3 Å². The summed E-state index contributed by atoms with van der Waals surface area (Å²) in [6.07, 6.45) is 1.38. The smallest absolute Gasteiger partial charge is 0.444 e. The Balaban J connectivity index is 1.46. The highest BCUT2D eigenvalue weighted by Crippen LogP contribution is 2.36. The van der Waals surface area contributed by atoms with E-state index in [1.165, 1.54) is 0 Å². The van der Waals surface area contributed by atoms with Crippen LogP contribution in [0, 0.1) is 0 Å². The van der Waals surface area contributed by atoms with E-state index < -0.39 is 12.7 Å². The zero-order valence-electron chi connectivity index (χ0n) is 19.6. The Labute approximate surface area is 184 Å². The maximum atomic E-state index is 12.3. The highest BCUT2D eigenvalue weighted by molar-refractivity contribution is 6.62. The molecular weight excluding hydrogens is 395 g/mol. The second-order valence-corrected chi connectivity index (χ2v) is 10.6. The van der Waals surface area contributed by atoms with Crippen molar-refractivity contribution in [2.24, 2.45) is 0 Å². The first kappa shape index (κ1) is 22.1. The lowest BCUT2D eigenvalue weighted by atomic mass is 9.79. The van der Waals surface area contributed by atoms with Crippen LogP contribution in [0.1, 0.15) is 67.3 Å². The molecule has 0 spiro atoms.